The number of carbonyl (C=O) groups is 4. The van der Waals surface area contributed by atoms with E-state index < -0.39 is 58.6 Å². The molecule has 0 aromatic heterocycles. The number of benzene rings is 3. The summed E-state index contributed by atoms with van der Waals surface area (Å²) in [5.74, 6) is -5.62. The number of halogens is 2. The summed E-state index contributed by atoms with van der Waals surface area (Å²) in [6.45, 7) is 0. The molecule has 2 bridgehead atoms. The molecule has 2 saturated heterocycles. The molecule has 8 rings (SSSR count). The molecule has 2 aliphatic heterocycles. The topological polar surface area (TPSA) is 74.8 Å². The molecule has 3 fully saturated rings. The Hall–Kier alpha value is -3.74. The molecule has 188 valence electrons. The smallest absolute Gasteiger partial charge is 0.239 e. The van der Waals surface area contributed by atoms with Gasteiger partial charge in [-0.25, -0.2) is 9.80 Å². The average molecular weight is 543 g/mol. The van der Waals surface area contributed by atoms with Crippen LogP contribution in [0.25, 0.3) is 0 Å². The van der Waals surface area contributed by atoms with E-state index in [1.807, 2.05) is 42.5 Å². The van der Waals surface area contributed by atoms with Gasteiger partial charge in [-0.3, -0.25) is 19.2 Å². The van der Waals surface area contributed by atoms with E-state index in [2.05, 4.69) is 0 Å². The number of hydrogen-bond donors (Lipinski definition) is 0. The monoisotopic (exact) mass is 542 g/mol. The van der Waals surface area contributed by atoms with Crippen LogP contribution in [-0.4, -0.2) is 23.6 Å². The first-order valence-corrected chi connectivity index (χ1v) is 13.1. The number of para-hydroxylation sites is 2. The number of rotatable bonds is 3. The van der Waals surface area contributed by atoms with E-state index in [0.717, 1.165) is 9.80 Å². The highest BCUT2D eigenvalue weighted by Gasteiger charge is 2.75. The summed E-state index contributed by atoms with van der Waals surface area (Å²) in [5.41, 5.74) is 0.128. The predicted octanol–water partition coefficient (Wildman–Crippen LogP) is 5.04. The highest BCUT2D eigenvalue weighted by atomic mass is 35.5. The lowest BCUT2D eigenvalue weighted by molar-refractivity contribution is -0.140. The quantitative estimate of drug-likeness (QED) is 0.343. The maximum atomic E-state index is 14.2. The van der Waals surface area contributed by atoms with Crippen molar-refractivity contribution in [1.29, 1.82) is 0 Å². The van der Waals surface area contributed by atoms with Crippen molar-refractivity contribution in [1.82, 2.24) is 0 Å². The standard InChI is InChI=1S/C30H20Cl2N2O4/c31-18-10-4-6-12-20(18)33-26(35)22-17-14-15-30(24(22)28(33)37,16-8-2-1-3-9-16)25-23(17)27(36)34(29(25)38)21-13-7-5-11-19(21)32/h1-15,17,22-25H/t17?,22-,23-,24-,25-,30?/m1/s1. The number of nitrogens with zero attached hydrogens (tertiary/aromatic N) is 2. The van der Waals surface area contributed by atoms with E-state index in [1.54, 1.807) is 48.5 Å². The Morgan fingerprint density at radius 3 is 1.50 bits per heavy atom. The Bertz CT molecular complexity index is 1500. The molecule has 38 heavy (non-hydrogen) atoms. The third kappa shape index (κ3) is 2.79. The van der Waals surface area contributed by atoms with Crippen LogP contribution in [0, 0.1) is 29.6 Å². The lowest BCUT2D eigenvalue weighted by Gasteiger charge is -2.53. The second-order valence-electron chi connectivity index (χ2n) is 10.2. The van der Waals surface area contributed by atoms with Gasteiger partial charge in [0.05, 0.1) is 45.1 Å². The summed E-state index contributed by atoms with van der Waals surface area (Å²) < 4.78 is 0. The molecule has 3 aromatic rings. The maximum Gasteiger partial charge on any atom is 0.239 e. The zero-order valence-corrected chi connectivity index (χ0v) is 21.3. The molecular formula is C30H20Cl2N2O4. The maximum absolute atomic E-state index is 14.2. The number of carbonyl (C=O) groups excluding carboxylic acids is 4. The first-order valence-electron chi connectivity index (χ1n) is 12.4. The van der Waals surface area contributed by atoms with Gasteiger partial charge in [-0.2, -0.15) is 0 Å². The van der Waals surface area contributed by atoms with Crippen LogP contribution in [0.4, 0.5) is 11.4 Å². The summed E-state index contributed by atoms with van der Waals surface area (Å²) in [7, 11) is 0. The molecule has 4 amide bonds. The van der Waals surface area contributed by atoms with Crippen LogP contribution in [0.15, 0.2) is 91.0 Å². The van der Waals surface area contributed by atoms with E-state index >= 15 is 0 Å². The zero-order valence-electron chi connectivity index (χ0n) is 19.8. The van der Waals surface area contributed by atoms with Crippen LogP contribution in [0.3, 0.4) is 0 Å². The molecule has 8 heteroatoms. The molecular weight excluding hydrogens is 523 g/mol. The third-order valence-electron chi connectivity index (χ3n) is 8.62. The largest absolute Gasteiger partial charge is 0.274 e. The van der Waals surface area contributed by atoms with Crippen LogP contribution in [0.1, 0.15) is 5.56 Å². The van der Waals surface area contributed by atoms with E-state index in [9.17, 15) is 19.2 Å². The Balaban J connectivity index is 1.45. The zero-order chi connectivity index (χ0) is 26.3. The van der Waals surface area contributed by atoms with Gasteiger partial charge in [-0.15, -0.1) is 0 Å². The van der Waals surface area contributed by atoms with Crippen molar-refractivity contribution >= 4 is 58.2 Å². The van der Waals surface area contributed by atoms with Crippen LogP contribution in [-0.2, 0) is 24.6 Å². The van der Waals surface area contributed by atoms with Gasteiger partial charge in [0, 0.05) is 11.3 Å². The van der Waals surface area contributed by atoms with Gasteiger partial charge in [0.15, 0.2) is 0 Å². The number of amides is 4. The average Bonchev–Trinajstić information content (AvgIpc) is 3.37. The summed E-state index contributed by atoms with van der Waals surface area (Å²) in [6.07, 6.45) is 3.75. The predicted molar refractivity (Wildman–Crippen MR) is 143 cm³/mol. The molecule has 0 radical (unpaired) electrons. The molecule has 6 nitrogen and oxygen atoms in total. The second-order valence-corrected chi connectivity index (χ2v) is 11.0. The first kappa shape index (κ1) is 23.4. The fraction of sp³-hybridized carbons (Fsp3) is 0.200. The Morgan fingerprint density at radius 2 is 1.03 bits per heavy atom. The van der Waals surface area contributed by atoms with Crippen molar-refractivity contribution in [3.63, 3.8) is 0 Å². The number of hydrogen-bond acceptors (Lipinski definition) is 4. The molecule has 3 aliphatic carbocycles. The van der Waals surface area contributed by atoms with Gasteiger partial charge in [-0.1, -0.05) is 90.0 Å². The number of imide groups is 2. The SMILES string of the molecule is O=C1[C@@H]2C3C=CC(c4ccccc4)([C@H]2C(=O)N1c1ccccc1Cl)[C@H]1C(=O)N(c2ccccc2Cl)C(=O)[C@H]31. The number of anilines is 2. The van der Waals surface area contributed by atoms with Gasteiger partial charge in [-0.05, 0) is 29.8 Å². The summed E-state index contributed by atoms with van der Waals surface area (Å²) in [5, 5.41) is 0.554. The number of allylic oxidation sites excluding steroid dienone is 2. The molecule has 0 spiro atoms. The highest BCUT2D eigenvalue weighted by molar-refractivity contribution is 6.37. The fourth-order valence-corrected chi connectivity index (χ4v) is 7.66. The van der Waals surface area contributed by atoms with Gasteiger partial charge < -0.3 is 0 Å². The molecule has 0 N–H and O–H groups in total. The first-order chi connectivity index (χ1) is 18.4. The minimum absolute atomic E-state index is 0.277. The summed E-state index contributed by atoms with van der Waals surface area (Å²) in [6, 6.07) is 22.6. The third-order valence-corrected chi connectivity index (χ3v) is 9.25. The van der Waals surface area contributed by atoms with Gasteiger partial charge >= 0.3 is 0 Å². The lowest BCUT2D eigenvalue weighted by atomic mass is 9.45. The van der Waals surface area contributed by atoms with Crippen LogP contribution >= 0.6 is 23.2 Å². The lowest BCUT2D eigenvalue weighted by Crippen LogP contribution is -2.60. The molecule has 2 heterocycles. The van der Waals surface area contributed by atoms with Crippen molar-refractivity contribution in [2.45, 2.75) is 5.41 Å². The van der Waals surface area contributed by atoms with Crippen molar-refractivity contribution in [3.8, 4) is 0 Å². The van der Waals surface area contributed by atoms with Gasteiger partial charge in [0.25, 0.3) is 0 Å². The molecule has 3 aromatic carbocycles. The normalized spacial score (nSPS) is 31.3. The molecule has 5 aliphatic rings. The van der Waals surface area contributed by atoms with Gasteiger partial charge in [0.2, 0.25) is 23.6 Å². The Morgan fingerprint density at radius 1 is 0.579 bits per heavy atom. The Kier molecular flexibility index (Phi) is 5.00. The van der Waals surface area contributed by atoms with Crippen LogP contribution in [0.5, 0.6) is 0 Å². The van der Waals surface area contributed by atoms with Gasteiger partial charge in [0.1, 0.15) is 0 Å². The van der Waals surface area contributed by atoms with E-state index in [4.69, 9.17) is 23.2 Å². The molecule has 0 unspecified atom stereocenters. The fourth-order valence-electron chi connectivity index (χ4n) is 7.22. The summed E-state index contributed by atoms with van der Waals surface area (Å²) >= 11 is 12.9. The van der Waals surface area contributed by atoms with Crippen molar-refractivity contribution in [2.24, 2.45) is 29.6 Å². The van der Waals surface area contributed by atoms with E-state index in [1.165, 1.54) is 0 Å². The van der Waals surface area contributed by atoms with Crippen molar-refractivity contribution in [3.05, 3.63) is 107 Å². The highest BCUT2D eigenvalue weighted by Crippen LogP contribution is 2.65. The van der Waals surface area contributed by atoms with E-state index in [-0.39, 0.29) is 10.0 Å². The summed E-state index contributed by atoms with van der Waals surface area (Å²) in [4.78, 5) is 58.8. The van der Waals surface area contributed by atoms with Crippen molar-refractivity contribution < 1.29 is 19.2 Å². The van der Waals surface area contributed by atoms with Crippen LogP contribution < -0.4 is 9.80 Å². The Labute approximate surface area is 228 Å². The minimum Gasteiger partial charge on any atom is -0.274 e. The molecule has 1 saturated carbocycles. The van der Waals surface area contributed by atoms with E-state index in [0.29, 0.717) is 16.9 Å². The second kappa shape index (κ2) is 8.13. The van der Waals surface area contributed by atoms with Crippen molar-refractivity contribution in [2.75, 3.05) is 9.80 Å². The van der Waals surface area contributed by atoms with Crippen LogP contribution in [0.2, 0.25) is 10.0 Å². The minimum atomic E-state index is -1.20. The molecule has 4 atom stereocenters.